The first-order valence-electron chi connectivity index (χ1n) is 7.45. The molecular weight excluding hydrogens is 311 g/mol. The Kier molecular flexibility index (Phi) is 4.90. The van der Waals surface area contributed by atoms with Crippen LogP contribution in [0.15, 0.2) is 53.3 Å². The van der Waals surface area contributed by atoms with E-state index in [9.17, 15) is 9.18 Å². The predicted octanol–water partition coefficient (Wildman–Crippen LogP) is 2.17. The maximum atomic E-state index is 13.5. The third-order valence-electron chi connectivity index (χ3n) is 3.37. The highest BCUT2D eigenvalue weighted by Gasteiger charge is 2.10. The van der Waals surface area contributed by atoms with Gasteiger partial charge in [0.05, 0.1) is 6.42 Å². The molecule has 0 unspecified atom stereocenters. The fourth-order valence-corrected chi connectivity index (χ4v) is 2.16. The maximum absolute atomic E-state index is 13.5. The van der Waals surface area contributed by atoms with Gasteiger partial charge in [0.15, 0.2) is 5.82 Å². The molecule has 0 saturated heterocycles. The van der Waals surface area contributed by atoms with Crippen LogP contribution < -0.4 is 5.32 Å². The number of hydrogen-bond donors (Lipinski definition) is 1. The summed E-state index contributed by atoms with van der Waals surface area (Å²) < 4.78 is 18.7. The van der Waals surface area contributed by atoms with Crippen LogP contribution in [-0.2, 0) is 17.6 Å². The van der Waals surface area contributed by atoms with Crippen molar-refractivity contribution in [2.24, 2.45) is 0 Å². The first-order chi connectivity index (χ1) is 11.7. The molecule has 6 nitrogen and oxygen atoms in total. The Labute approximate surface area is 137 Å². The molecule has 24 heavy (non-hydrogen) atoms. The topological polar surface area (TPSA) is 80.9 Å². The summed E-state index contributed by atoms with van der Waals surface area (Å²) in [5.74, 6) is 0.267. The van der Waals surface area contributed by atoms with Crippen molar-refractivity contribution in [3.8, 4) is 11.5 Å². The molecule has 1 N–H and O–H groups in total. The van der Waals surface area contributed by atoms with Gasteiger partial charge in [-0.1, -0.05) is 23.4 Å². The summed E-state index contributed by atoms with van der Waals surface area (Å²) in [6.45, 7) is 0.350. The Morgan fingerprint density at radius 2 is 1.96 bits per heavy atom. The van der Waals surface area contributed by atoms with E-state index in [-0.39, 0.29) is 18.1 Å². The monoisotopic (exact) mass is 326 g/mol. The normalized spacial score (nSPS) is 10.5. The number of hydrogen-bond acceptors (Lipinski definition) is 5. The summed E-state index contributed by atoms with van der Waals surface area (Å²) in [5, 5.41) is 6.59. The summed E-state index contributed by atoms with van der Waals surface area (Å²) in [7, 11) is 0. The molecule has 0 spiro atoms. The van der Waals surface area contributed by atoms with Crippen LogP contribution in [0.2, 0.25) is 0 Å². The number of aromatic nitrogens is 3. The highest BCUT2D eigenvalue weighted by Crippen LogP contribution is 2.15. The molecule has 1 aromatic carbocycles. The molecule has 0 radical (unpaired) electrons. The van der Waals surface area contributed by atoms with Crippen molar-refractivity contribution < 1.29 is 13.7 Å². The van der Waals surface area contributed by atoms with Gasteiger partial charge in [0, 0.05) is 30.9 Å². The van der Waals surface area contributed by atoms with Gasteiger partial charge < -0.3 is 9.84 Å². The van der Waals surface area contributed by atoms with E-state index in [1.807, 2.05) is 0 Å². The molecule has 0 fully saturated rings. The largest absolute Gasteiger partial charge is 0.355 e. The molecule has 0 atom stereocenters. The van der Waals surface area contributed by atoms with E-state index in [4.69, 9.17) is 4.52 Å². The minimum atomic E-state index is -0.382. The van der Waals surface area contributed by atoms with E-state index >= 15 is 0 Å². The number of carbonyl (C=O) groups excluding carboxylic acids is 1. The molecule has 0 bridgehead atoms. The molecule has 1 amide bonds. The molecule has 3 rings (SSSR count). The van der Waals surface area contributed by atoms with E-state index in [1.165, 1.54) is 6.07 Å². The Balaban J connectivity index is 1.49. The number of amides is 1. The molecule has 0 aliphatic rings. The van der Waals surface area contributed by atoms with Gasteiger partial charge in [-0.15, -0.1) is 0 Å². The Morgan fingerprint density at radius 1 is 1.17 bits per heavy atom. The minimum absolute atomic E-state index is 0.00117. The Bertz CT molecular complexity index is 820. The predicted molar refractivity (Wildman–Crippen MR) is 84.3 cm³/mol. The van der Waals surface area contributed by atoms with Crippen molar-refractivity contribution in [2.45, 2.75) is 12.8 Å². The van der Waals surface area contributed by atoms with Crippen LogP contribution in [-0.4, -0.2) is 27.6 Å². The van der Waals surface area contributed by atoms with Crippen LogP contribution in [0.1, 0.15) is 11.4 Å². The van der Waals surface area contributed by atoms with Crippen LogP contribution in [0.3, 0.4) is 0 Å². The van der Waals surface area contributed by atoms with Gasteiger partial charge in [0.1, 0.15) is 5.82 Å². The molecule has 7 heteroatoms. The van der Waals surface area contributed by atoms with Crippen LogP contribution in [0.4, 0.5) is 4.39 Å². The molecule has 0 saturated carbocycles. The summed E-state index contributed by atoms with van der Waals surface area (Å²) in [4.78, 5) is 20.0. The third kappa shape index (κ3) is 4.01. The lowest BCUT2D eigenvalue weighted by molar-refractivity contribution is -0.120. The summed E-state index contributed by atoms with van der Waals surface area (Å²) in [6.07, 6.45) is 3.71. The third-order valence-corrected chi connectivity index (χ3v) is 3.37. The van der Waals surface area contributed by atoms with E-state index in [0.29, 0.717) is 30.2 Å². The standard InChI is InChI=1S/C17H15FN4O2/c18-14-4-2-1-3-13(14)11-16(23)20-10-7-15-21-17(24-22-15)12-5-8-19-9-6-12/h1-6,8-9H,7,10-11H2,(H,20,23). The number of halogens is 1. The molecule has 0 aliphatic carbocycles. The van der Waals surface area contributed by atoms with Crippen molar-refractivity contribution in [1.82, 2.24) is 20.4 Å². The summed E-state index contributed by atoms with van der Waals surface area (Å²) in [5.41, 5.74) is 1.15. The van der Waals surface area contributed by atoms with Gasteiger partial charge in [-0.05, 0) is 23.8 Å². The second-order valence-electron chi connectivity index (χ2n) is 5.12. The van der Waals surface area contributed by atoms with Gasteiger partial charge in [-0.25, -0.2) is 4.39 Å². The van der Waals surface area contributed by atoms with Gasteiger partial charge in [-0.3, -0.25) is 9.78 Å². The summed E-state index contributed by atoms with van der Waals surface area (Å²) >= 11 is 0. The summed E-state index contributed by atoms with van der Waals surface area (Å²) in [6, 6.07) is 9.76. The Morgan fingerprint density at radius 3 is 2.75 bits per heavy atom. The SMILES string of the molecule is O=C(Cc1ccccc1F)NCCc1noc(-c2ccncc2)n1. The van der Waals surface area contributed by atoms with E-state index < -0.39 is 0 Å². The minimum Gasteiger partial charge on any atom is -0.355 e. The zero-order valence-corrected chi connectivity index (χ0v) is 12.8. The van der Waals surface area contributed by atoms with Crippen LogP contribution in [0, 0.1) is 5.82 Å². The molecule has 3 aromatic rings. The second kappa shape index (κ2) is 7.45. The average molecular weight is 326 g/mol. The fourth-order valence-electron chi connectivity index (χ4n) is 2.16. The molecule has 2 aromatic heterocycles. The number of benzene rings is 1. The molecule has 2 heterocycles. The van der Waals surface area contributed by atoms with Gasteiger partial charge in [0.25, 0.3) is 5.89 Å². The Hall–Kier alpha value is -3.09. The van der Waals surface area contributed by atoms with E-state index in [2.05, 4.69) is 20.4 Å². The van der Waals surface area contributed by atoms with Gasteiger partial charge >= 0.3 is 0 Å². The zero-order chi connectivity index (χ0) is 16.8. The highest BCUT2D eigenvalue weighted by atomic mass is 19.1. The fraction of sp³-hybridized carbons (Fsp3) is 0.176. The van der Waals surface area contributed by atoms with Crippen molar-refractivity contribution in [3.63, 3.8) is 0 Å². The average Bonchev–Trinajstić information content (AvgIpc) is 3.07. The van der Waals surface area contributed by atoms with Crippen LogP contribution in [0.25, 0.3) is 11.5 Å². The van der Waals surface area contributed by atoms with Crippen molar-refractivity contribution >= 4 is 5.91 Å². The van der Waals surface area contributed by atoms with Crippen molar-refractivity contribution in [2.75, 3.05) is 6.54 Å². The van der Waals surface area contributed by atoms with Gasteiger partial charge in [-0.2, -0.15) is 4.98 Å². The smallest absolute Gasteiger partial charge is 0.258 e. The maximum Gasteiger partial charge on any atom is 0.258 e. The molecule has 122 valence electrons. The number of pyridine rings is 1. The number of rotatable bonds is 6. The molecular formula is C17H15FN4O2. The molecule has 0 aliphatic heterocycles. The van der Waals surface area contributed by atoms with Crippen LogP contribution in [0.5, 0.6) is 0 Å². The lowest BCUT2D eigenvalue weighted by Gasteiger charge is -2.04. The first-order valence-corrected chi connectivity index (χ1v) is 7.45. The van der Waals surface area contributed by atoms with Crippen molar-refractivity contribution in [1.29, 1.82) is 0 Å². The van der Waals surface area contributed by atoms with Crippen LogP contribution >= 0.6 is 0 Å². The lowest BCUT2D eigenvalue weighted by atomic mass is 10.1. The van der Waals surface area contributed by atoms with Crippen molar-refractivity contribution in [3.05, 3.63) is 66.0 Å². The second-order valence-corrected chi connectivity index (χ2v) is 5.12. The van der Waals surface area contributed by atoms with Gasteiger partial charge in [0.2, 0.25) is 5.91 Å². The number of nitrogens with one attached hydrogen (secondary N) is 1. The van der Waals surface area contributed by atoms with E-state index in [0.717, 1.165) is 5.56 Å². The van der Waals surface area contributed by atoms with E-state index in [1.54, 1.807) is 42.7 Å². The number of nitrogens with zero attached hydrogens (tertiary/aromatic N) is 3. The zero-order valence-electron chi connectivity index (χ0n) is 12.8. The lowest BCUT2D eigenvalue weighted by Crippen LogP contribution is -2.27. The first kappa shape index (κ1) is 15.8. The quantitative estimate of drug-likeness (QED) is 0.751. The number of carbonyl (C=O) groups is 1. The highest BCUT2D eigenvalue weighted by molar-refractivity contribution is 5.78.